The number of phosphoric acid groups is 1. The predicted molar refractivity (Wildman–Crippen MR) is 207 cm³/mol. The summed E-state index contributed by atoms with van der Waals surface area (Å²) in [5, 5.41) is 0. The van der Waals surface area contributed by atoms with Crippen molar-refractivity contribution in [2.75, 3.05) is 13.2 Å². The summed E-state index contributed by atoms with van der Waals surface area (Å²) in [6, 6.07) is 0. The lowest BCUT2D eigenvalue weighted by Gasteiger charge is -2.18. The highest BCUT2D eigenvalue weighted by molar-refractivity contribution is 7.46. The fourth-order valence-electron chi connectivity index (χ4n) is 4.93. The lowest BCUT2D eigenvalue weighted by molar-refractivity contribution is -0.161. The highest BCUT2D eigenvalue weighted by atomic mass is 31.2. The van der Waals surface area contributed by atoms with Crippen LogP contribution in [-0.4, -0.2) is 41.0 Å². The molecule has 0 heterocycles. The van der Waals surface area contributed by atoms with E-state index in [0.717, 1.165) is 57.8 Å². The van der Waals surface area contributed by atoms with E-state index >= 15 is 0 Å². The third-order valence-electron chi connectivity index (χ3n) is 7.75. The summed E-state index contributed by atoms with van der Waals surface area (Å²) in [4.78, 5) is 42.7. The van der Waals surface area contributed by atoms with Crippen molar-refractivity contribution in [3.8, 4) is 0 Å². The van der Waals surface area contributed by atoms with Crippen molar-refractivity contribution in [3.63, 3.8) is 0 Å². The minimum atomic E-state index is -4.77. The van der Waals surface area contributed by atoms with Crippen LogP contribution in [0.15, 0.2) is 72.9 Å². The molecule has 0 unspecified atom stereocenters. The number of carbonyl (C=O) groups is 2. The topological polar surface area (TPSA) is 119 Å². The molecule has 0 aromatic rings. The number of phosphoric ester groups is 1. The van der Waals surface area contributed by atoms with E-state index in [2.05, 4.69) is 79.1 Å². The molecule has 0 aliphatic heterocycles. The zero-order valence-corrected chi connectivity index (χ0v) is 32.2. The Hall–Kier alpha value is -2.51. The monoisotopic (exact) mass is 720 g/mol. The maximum absolute atomic E-state index is 12.3. The van der Waals surface area contributed by atoms with Crippen LogP contribution in [0.3, 0.4) is 0 Å². The second-order valence-corrected chi connectivity index (χ2v) is 13.8. The number of hydrogen-bond donors (Lipinski definition) is 2. The third-order valence-corrected chi connectivity index (χ3v) is 8.24. The normalized spacial score (nSPS) is 13.3. The van der Waals surface area contributed by atoms with Gasteiger partial charge >= 0.3 is 19.8 Å². The maximum atomic E-state index is 12.3. The van der Waals surface area contributed by atoms with Gasteiger partial charge in [0.15, 0.2) is 6.10 Å². The Morgan fingerprint density at radius 1 is 0.540 bits per heavy atom. The van der Waals surface area contributed by atoms with Gasteiger partial charge in [-0.2, -0.15) is 0 Å². The van der Waals surface area contributed by atoms with Crippen molar-refractivity contribution in [2.45, 2.75) is 161 Å². The van der Waals surface area contributed by atoms with Gasteiger partial charge in [-0.25, -0.2) is 4.57 Å². The summed E-state index contributed by atoms with van der Waals surface area (Å²) < 4.78 is 26.2. The van der Waals surface area contributed by atoms with E-state index < -0.39 is 32.5 Å². The molecule has 0 aromatic heterocycles. The third kappa shape index (κ3) is 38.3. The maximum Gasteiger partial charge on any atom is 0.469 e. The lowest BCUT2D eigenvalue weighted by Crippen LogP contribution is -2.29. The number of ether oxygens (including phenoxy) is 2. The van der Waals surface area contributed by atoms with Crippen LogP contribution < -0.4 is 0 Å². The fraction of sp³-hybridized carbons (Fsp3) is 0.659. The molecule has 0 radical (unpaired) electrons. The number of carbonyl (C=O) groups excluding carboxylic acids is 2. The first-order valence-electron chi connectivity index (χ1n) is 19.2. The van der Waals surface area contributed by atoms with Gasteiger partial charge in [-0.3, -0.25) is 14.1 Å². The van der Waals surface area contributed by atoms with Crippen LogP contribution in [0.4, 0.5) is 0 Å². The molecule has 0 spiro atoms. The Morgan fingerprint density at radius 2 is 0.960 bits per heavy atom. The van der Waals surface area contributed by atoms with Crippen LogP contribution in [0.5, 0.6) is 0 Å². The Kier molecular flexibility index (Phi) is 34.5. The largest absolute Gasteiger partial charge is 0.469 e. The molecule has 0 aliphatic carbocycles. The van der Waals surface area contributed by atoms with Crippen molar-refractivity contribution in [1.82, 2.24) is 0 Å². The molecule has 0 amide bonds. The van der Waals surface area contributed by atoms with E-state index in [4.69, 9.17) is 19.3 Å². The Morgan fingerprint density at radius 3 is 1.40 bits per heavy atom. The minimum Gasteiger partial charge on any atom is -0.462 e. The molecule has 0 rings (SSSR count). The molecule has 286 valence electrons. The van der Waals surface area contributed by atoms with Crippen LogP contribution >= 0.6 is 7.82 Å². The van der Waals surface area contributed by atoms with Gasteiger partial charge < -0.3 is 19.3 Å². The van der Waals surface area contributed by atoms with Gasteiger partial charge in [0.05, 0.1) is 6.61 Å². The van der Waals surface area contributed by atoms with Gasteiger partial charge in [0.2, 0.25) is 0 Å². The smallest absolute Gasteiger partial charge is 0.462 e. The zero-order valence-electron chi connectivity index (χ0n) is 31.3. The van der Waals surface area contributed by atoms with Gasteiger partial charge in [0.1, 0.15) is 6.61 Å². The van der Waals surface area contributed by atoms with Crippen LogP contribution in [0.1, 0.15) is 155 Å². The van der Waals surface area contributed by atoms with Crippen molar-refractivity contribution in [1.29, 1.82) is 0 Å². The van der Waals surface area contributed by atoms with Crippen molar-refractivity contribution < 1.29 is 37.9 Å². The van der Waals surface area contributed by atoms with E-state index in [0.29, 0.717) is 12.8 Å². The standard InChI is InChI=1S/C41H69O8P/c1-3-5-7-9-11-13-15-17-18-19-20-21-22-24-25-27-29-31-33-35-40(42)47-37-39(38-48-50(44,45)46)49-41(43)36-34-32-30-28-26-23-16-14-12-10-8-6-4-2/h5,7,11,13,17-18,20-21,24-25,29,31,39H,3-4,6,8-10,12,14-16,19,22-23,26-28,30,32-38H2,1-2H3,(H2,44,45,46)/b7-5-,13-11-,18-17-,21-20-,25-24-,31-29-/t39-/m1/s1. The molecule has 0 aliphatic rings. The molecule has 0 fully saturated rings. The molecule has 0 saturated heterocycles. The lowest BCUT2D eigenvalue weighted by atomic mass is 10.0. The summed E-state index contributed by atoms with van der Waals surface area (Å²) in [5.41, 5.74) is 0. The molecule has 0 bridgehead atoms. The Bertz CT molecular complexity index is 1040. The Labute approximate surface area is 304 Å². The number of allylic oxidation sites excluding steroid dienone is 12. The summed E-state index contributed by atoms with van der Waals surface area (Å²) >= 11 is 0. The molecule has 9 heteroatoms. The summed E-state index contributed by atoms with van der Waals surface area (Å²) in [6.07, 6.45) is 46.3. The summed E-state index contributed by atoms with van der Waals surface area (Å²) in [5.74, 6) is -0.986. The quantitative estimate of drug-likeness (QED) is 0.0292. The first kappa shape index (κ1) is 47.5. The molecule has 1 atom stereocenters. The van der Waals surface area contributed by atoms with Crippen LogP contribution in [0, 0.1) is 0 Å². The zero-order chi connectivity index (χ0) is 36.8. The summed E-state index contributed by atoms with van der Waals surface area (Å²) in [6.45, 7) is 3.49. The van der Waals surface area contributed by atoms with Crippen LogP contribution in [0.2, 0.25) is 0 Å². The summed E-state index contributed by atoms with van der Waals surface area (Å²) in [7, 11) is -4.77. The number of esters is 2. The van der Waals surface area contributed by atoms with Crippen LogP contribution in [-0.2, 0) is 28.2 Å². The van der Waals surface area contributed by atoms with E-state index in [1.807, 2.05) is 12.2 Å². The second-order valence-electron chi connectivity index (χ2n) is 12.5. The van der Waals surface area contributed by atoms with Gasteiger partial charge in [0.25, 0.3) is 0 Å². The van der Waals surface area contributed by atoms with Crippen molar-refractivity contribution in [3.05, 3.63) is 72.9 Å². The van der Waals surface area contributed by atoms with Gasteiger partial charge in [-0.05, 0) is 51.4 Å². The highest BCUT2D eigenvalue weighted by Gasteiger charge is 2.22. The van der Waals surface area contributed by atoms with Gasteiger partial charge in [-0.15, -0.1) is 0 Å². The first-order valence-corrected chi connectivity index (χ1v) is 20.8. The average Bonchev–Trinajstić information content (AvgIpc) is 3.08. The highest BCUT2D eigenvalue weighted by Crippen LogP contribution is 2.36. The number of hydrogen-bond acceptors (Lipinski definition) is 6. The first-order chi connectivity index (χ1) is 24.3. The van der Waals surface area contributed by atoms with Crippen LogP contribution in [0.25, 0.3) is 0 Å². The van der Waals surface area contributed by atoms with E-state index in [1.165, 1.54) is 57.8 Å². The van der Waals surface area contributed by atoms with E-state index in [1.54, 1.807) is 0 Å². The van der Waals surface area contributed by atoms with E-state index in [-0.39, 0.29) is 19.4 Å². The Balaban J connectivity index is 4.10. The molecule has 50 heavy (non-hydrogen) atoms. The second kappa shape index (κ2) is 36.3. The number of rotatable bonds is 34. The van der Waals surface area contributed by atoms with E-state index in [9.17, 15) is 14.2 Å². The average molecular weight is 721 g/mol. The van der Waals surface area contributed by atoms with Gasteiger partial charge in [0, 0.05) is 12.8 Å². The number of unbranched alkanes of at least 4 members (excludes halogenated alkanes) is 12. The molecular weight excluding hydrogens is 651 g/mol. The van der Waals surface area contributed by atoms with Crippen molar-refractivity contribution in [2.24, 2.45) is 0 Å². The molecule has 0 aromatic carbocycles. The fourth-order valence-corrected chi connectivity index (χ4v) is 5.29. The van der Waals surface area contributed by atoms with Crippen molar-refractivity contribution >= 4 is 19.8 Å². The molecule has 2 N–H and O–H groups in total. The molecular formula is C41H69O8P. The SMILES string of the molecule is CC/C=C\C/C=C\C/C=C\C/C=C\C/C=C\C/C=C\CCC(=O)OC[C@H](COP(=O)(O)O)OC(=O)CCCCCCCCCCCCCCC. The molecule has 8 nitrogen and oxygen atoms in total. The molecule has 0 saturated carbocycles. The minimum absolute atomic E-state index is 0.140. The van der Waals surface area contributed by atoms with Gasteiger partial charge in [-0.1, -0.05) is 164 Å². The predicted octanol–water partition coefficient (Wildman–Crippen LogP) is 11.5.